The molecule has 0 unspecified atom stereocenters. The van der Waals surface area contributed by atoms with Gasteiger partial charge in [0.1, 0.15) is 11.4 Å². The van der Waals surface area contributed by atoms with Gasteiger partial charge in [0, 0.05) is 46.9 Å². The van der Waals surface area contributed by atoms with Gasteiger partial charge in [0.2, 0.25) is 0 Å². The van der Waals surface area contributed by atoms with Crippen LogP contribution in [0.25, 0.3) is 5.69 Å². The quantitative estimate of drug-likeness (QED) is 0.303. The van der Waals surface area contributed by atoms with E-state index < -0.39 is 23.1 Å². The number of hydrogen-bond donors (Lipinski definition) is 2. The standard InChI is InChI=1S/C25H17BrF2N4O3/c26-15-12-23(21(9-10-29)30-14-15)35-22-8-5-17(13-20(22)28)31-24(33)19-2-1-11-32(25(19)34)18-6-3-16(27)4-7-18/h1-8,10-14,29H,9H2,(H,31,33). The smallest absolute Gasteiger partial charge is 0.267 e. The van der Waals surface area contributed by atoms with Gasteiger partial charge in [-0.05, 0) is 70.5 Å². The largest absolute Gasteiger partial charge is 0.452 e. The predicted octanol–water partition coefficient (Wildman–Crippen LogP) is 5.51. The number of carbonyl (C=O) groups excluding carboxylic acids is 1. The first-order valence-corrected chi connectivity index (χ1v) is 11.0. The molecule has 176 valence electrons. The second-order valence-electron chi connectivity index (χ2n) is 7.28. The van der Waals surface area contributed by atoms with Crippen molar-refractivity contribution in [2.75, 3.05) is 5.32 Å². The van der Waals surface area contributed by atoms with Crippen LogP contribution in [0.1, 0.15) is 16.1 Å². The zero-order valence-corrected chi connectivity index (χ0v) is 19.6. The van der Waals surface area contributed by atoms with Crippen molar-refractivity contribution in [1.29, 1.82) is 5.41 Å². The predicted molar refractivity (Wildman–Crippen MR) is 131 cm³/mol. The normalized spacial score (nSPS) is 10.6. The Balaban J connectivity index is 1.55. The van der Waals surface area contributed by atoms with Crippen LogP contribution >= 0.6 is 15.9 Å². The monoisotopic (exact) mass is 538 g/mol. The average molecular weight is 539 g/mol. The summed E-state index contributed by atoms with van der Waals surface area (Å²) in [6, 6.07) is 13.5. The molecular weight excluding hydrogens is 522 g/mol. The fourth-order valence-corrected chi connectivity index (χ4v) is 3.55. The zero-order chi connectivity index (χ0) is 24.9. The third-order valence-corrected chi connectivity index (χ3v) is 5.33. The molecule has 2 aromatic heterocycles. The highest BCUT2D eigenvalue weighted by Gasteiger charge is 2.16. The second-order valence-corrected chi connectivity index (χ2v) is 8.20. The summed E-state index contributed by atoms with van der Waals surface area (Å²) in [5.74, 6) is -1.76. The number of carbonyl (C=O) groups is 1. The molecule has 0 saturated heterocycles. The maximum atomic E-state index is 14.8. The van der Waals surface area contributed by atoms with Crippen LogP contribution in [0.2, 0.25) is 0 Å². The Hall–Kier alpha value is -4.18. The lowest BCUT2D eigenvalue weighted by Crippen LogP contribution is -2.27. The number of aromatic nitrogens is 2. The van der Waals surface area contributed by atoms with E-state index in [-0.39, 0.29) is 29.2 Å². The van der Waals surface area contributed by atoms with Crippen molar-refractivity contribution >= 4 is 33.7 Å². The number of hydrogen-bond acceptors (Lipinski definition) is 5. The Labute approximate surface area is 206 Å². The van der Waals surface area contributed by atoms with Crippen molar-refractivity contribution in [3.63, 3.8) is 0 Å². The van der Waals surface area contributed by atoms with Crippen molar-refractivity contribution in [1.82, 2.24) is 9.55 Å². The maximum absolute atomic E-state index is 14.8. The number of halogens is 3. The van der Waals surface area contributed by atoms with Crippen LogP contribution in [0.3, 0.4) is 0 Å². The third kappa shape index (κ3) is 5.49. The molecule has 2 N–H and O–H groups in total. The van der Waals surface area contributed by atoms with Crippen LogP contribution in [0.15, 0.2) is 82.3 Å². The van der Waals surface area contributed by atoms with Gasteiger partial charge in [0.05, 0.1) is 5.69 Å². The molecule has 2 aromatic carbocycles. The first-order valence-electron chi connectivity index (χ1n) is 10.3. The SMILES string of the molecule is N=CCc1ncc(Br)cc1Oc1ccc(NC(=O)c2cccn(-c3ccc(F)cc3)c2=O)cc1F. The van der Waals surface area contributed by atoms with Crippen LogP contribution < -0.4 is 15.6 Å². The van der Waals surface area contributed by atoms with Crippen LogP contribution in [-0.2, 0) is 6.42 Å². The molecule has 4 aromatic rings. The highest BCUT2D eigenvalue weighted by atomic mass is 79.9. The highest BCUT2D eigenvalue weighted by Crippen LogP contribution is 2.30. The highest BCUT2D eigenvalue weighted by molar-refractivity contribution is 9.10. The molecule has 0 radical (unpaired) electrons. The van der Waals surface area contributed by atoms with E-state index in [1.54, 1.807) is 12.3 Å². The second kappa shape index (κ2) is 10.4. The molecule has 35 heavy (non-hydrogen) atoms. The minimum Gasteiger partial charge on any atom is -0.452 e. The molecule has 0 aliphatic rings. The van der Waals surface area contributed by atoms with Gasteiger partial charge in [0.15, 0.2) is 17.3 Å². The molecule has 2 heterocycles. The van der Waals surface area contributed by atoms with Crippen LogP contribution in [-0.4, -0.2) is 21.7 Å². The van der Waals surface area contributed by atoms with Gasteiger partial charge in [-0.2, -0.15) is 0 Å². The summed E-state index contributed by atoms with van der Waals surface area (Å²) in [7, 11) is 0. The Morgan fingerprint density at radius 1 is 1.11 bits per heavy atom. The summed E-state index contributed by atoms with van der Waals surface area (Å²) < 4.78 is 35.4. The van der Waals surface area contributed by atoms with Gasteiger partial charge < -0.3 is 15.5 Å². The van der Waals surface area contributed by atoms with Crippen molar-refractivity contribution in [2.24, 2.45) is 0 Å². The van der Waals surface area contributed by atoms with E-state index in [1.165, 1.54) is 59.3 Å². The lowest BCUT2D eigenvalue weighted by Gasteiger charge is -2.12. The molecule has 4 rings (SSSR count). The lowest BCUT2D eigenvalue weighted by atomic mass is 10.2. The molecule has 1 amide bonds. The number of amides is 1. The first kappa shape index (κ1) is 24.0. The summed E-state index contributed by atoms with van der Waals surface area (Å²) in [4.78, 5) is 29.7. The van der Waals surface area contributed by atoms with Gasteiger partial charge in [-0.15, -0.1) is 0 Å². The summed E-state index contributed by atoms with van der Waals surface area (Å²) in [5.41, 5.74) is 0.181. The zero-order valence-electron chi connectivity index (χ0n) is 18.0. The summed E-state index contributed by atoms with van der Waals surface area (Å²) in [5, 5.41) is 9.78. The van der Waals surface area contributed by atoms with Gasteiger partial charge >= 0.3 is 0 Å². The topological polar surface area (TPSA) is 97.1 Å². The molecule has 0 fully saturated rings. The number of pyridine rings is 2. The van der Waals surface area contributed by atoms with E-state index in [0.717, 1.165) is 12.3 Å². The molecule has 7 nitrogen and oxygen atoms in total. The number of anilines is 1. The fourth-order valence-electron chi connectivity index (χ4n) is 3.24. The molecule has 0 spiro atoms. The Morgan fingerprint density at radius 3 is 2.60 bits per heavy atom. The van der Waals surface area contributed by atoms with E-state index in [4.69, 9.17) is 10.1 Å². The van der Waals surface area contributed by atoms with Crippen LogP contribution in [0, 0.1) is 17.0 Å². The summed E-state index contributed by atoms with van der Waals surface area (Å²) in [6.07, 6.45) is 4.38. The molecule has 0 atom stereocenters. The van der Waals surface area contributed by atoms with Crippen LogP contribution in [0.4, 0.5) is 14.5 Å². The Bertz CT molecular complexity index is 1470. The number of nitrogens with one attached hydrogen (secondary N) is 2. The lowest BCUT2D eigenvalue weighted by molar-refractivity contribution is 0.102. The minimum atomic E-state index is -0.750. The van der Waals surface area contributed by atoms with Gasteiger partial charge in [-0.1, -0.05) is 0 Å². The first-order chi connectivity index (χ1) is 16.9. The molecule has 0 aliphatic carbocycles. The summed E-state index contributed by atoms with van der Waals surface area (Å²) in [6.45, 7) is 0. The molecule has 0 aliphatic heterocycles. The molecule has 10 heteroatoms. The molecule has 0 saturated carbocycles. The Morgan fingerprint density at radius 2 is 1.89 bits per heavy atom. The molecule has 0 bridgehead atoms. The number of benzene rings is 2. The van der Waals surface area contributed by atoms with Gasteiger partial charge in [0.25, 0.3) is 11.5 Å². The number of rotatable bonds is 7. The van der Waals surface area contributed by atoms with Crippen molar-refractivity contribution in [2.45, 2.75) is 6.42 Å². The van der Waals surface area contributed by atoms with E-state index in [9.17, 15) is 18.4 Å². The van der Waals surface area contributed by atoms with Crippen molar-refractivity contribution in [3.05, 3.63) is 111 Å². The van der Waals surface area contributed by atoms with Gasteiger partial charge in [-0.25, -0.2) is 8.78 Å². The maximum Gasteiger partial charge on any atom is 0.267 e. The van der Waals surface area contributed by atoms with E-state index >= 15 is 0 Å². The van der Waals surface area contributed by atoms with E-state index in [0.29, 0.717) is 15.9 Å². The van der Waals surface area contributed by atoms with Crippen LogP contribution in [0.5, 0.6) is 11.5 Å². The number of nitrogens with zero attached hydrogens (tertiary/aromatic N) is 2. The van der Waals surface area contributed by atoms with Crippen molar-refractivity contribution in [3.8, 4) is 17.2 Å². The minimum absolute atomic E-state index is 0.104. The average Bonchev–Trinajstić information content (AvgIpc) is 2.83. The Kier molecular flexibility index (Phi) is 7.11. The van der Waals surface area contributed by atoms with E-state index in [1.807, 2.05) is 0 Å². The fraction of sp³-hybridized carbons (Fsp3) is 0.0400. The van der Waals surface area contributed by atoms with Gasteiger partial charge in [-0.3, -0.25) is 19.1 Å². The summed E-state index contributed by atoms with van der Waals surface area (Å²) >= 11 is 3.28. The van der Waals surface area contributed by atoms with E-state index in [2.05, 4.69) is 26.2 Å². The number of ether oxygens (including phenoxy) is 1. The van der Waals surface area contributed by atoms with Crippen molar-refractivity contribution < 1.29 is 18.3 Å². The third-order valence-electron chi connectivity index (χ3n) is 4.90. The molecular formula is C25H17BrF2N4O3.